The van der Waals surface area contributed by atoms with Gasteiger partial charge >= 0.3 is 0 Å². The molecule has 2 aromatic carbocycles. The zero-order valence-corrected chi connectivity index (χ0v) is 12.2. The SMILES string of the molecule is COc1cccc(Cl)c1C(O)Cc1ccc(Cl)cc1F. The second-order valence-corrected chi connectivity index (χ2v) is 5.16. The fourth-order valence-electron chi connectivity index (χ4n) is 2.02. The van der Waals surface area contributed by atoms with Crippen molar-refractivity contribution in [2.24, 2.45) is 0 Å². The Morgan fingerprint density at radius 1 is 1.25 bits per heavy atom. The molecule has 106 valence electrons. The topological polar surface area (TPSA) is 29.5 Å². The van der Waals surface area contributed by atoms with Gasteiger partial charge in [-0.2, -0.15) is 0 Å². The van der Waals surface area contributed by atoms with Crippen LogP contribution in [0.5, 0.6) is 5.75 Å². The molecular formula is C15H13Cl2FO2. The molecule has 0 aromatic heterocycles. The molecule has 0 aliphatic carbocycles. The summed E-state index contributed by atoms with van der Waals surface area (Å²) in [5.74, 6) is 0.0157. The van der Waals surface area contributed by atoms with E-state index in [4.69, 9.17) is 27.9 Å². The van der Waals surface area contributed by atoms with Crippen molar-refractivity contribution < 1.29 is 14.2 Å². The van der Waals surface area contributed by atoms with Crippen LogP contribution in [-0.2, 0) is 6.42 Å². The summed E-state index contributed by atoms with van der Waals surface area (Å²) in [7, 11) is 1.49. The zero-order valence-electron chi connectivity index (χ0n) is 10.7. The molecule has 20 heavy (non-hydrogen) atoms. The number of hydrogen-bond acceptors (Lipinski definition) is 2. The van der Waals surface area contributed by atoms with Crippen molar-refractivity contribution in [3.63, 3.8) is 0 Å². The van der Waals surface area contributed by atoms with E-state index in [0.29, 0.717) is 26.9 Å². The van der Waals surface area contributed by atoms with Crippen molar-refractivity contribution in [1.82, 2.24) is 0 Å². The van der Waals surface area contributed by atoms with Crippen LogP contribution in [-0.4, -0.2) is 12.2 Å². The van der Waals surface area contributed by atoms with Crippen LogP contribution in [0.2, 0.25) is 10.0 Å². The first-order chi connectivity index (χ1) is 9.52. The minimum atomic E-state index is -0.964. The number of rotatable bonds is 4. The second kappa shape index (κ2) is 6.44. The van der Waals surface area contributed by atoms with Gasteiger partial charge in [0.2, 0.25) is 0 Å². The van der Waals surface area contributed by atoms with Gasteiger partial charge in [-0.3, -0.25) is 0 Å². The molecule has 1 atom stereocenters. The Bertz CT molecular complexity index is 617. The number of methoxy groups -OCH3 is 1. The van der Waals surface area contributed by atoms with Crippen molar-refractivity contribution in [3.05, 3.63) is 63.4 Å². The van der Waals surface area contributed by atoms with Crippen molar-refractivity contribution in [3.8, 4) is 5.75 Å². The normalized spacial score (nSPS) is 12.2. The van der Waals surface area contributed by atoms with Gasteiger partial charge in [0.05, 0.1) is 18.2 Å². The first kappa shape index (κ1) is 15.1. The maximum absolute atomic E-state index is 13.7. The molecule has 0 saturated carbocycles. The summed E-state index contributed by atoms with van der Waals surface area (Å²) in [4.78, 5) is 0. The Balaban J connectivity index is 2.30. The first-order valence-electron chi connectivity index (χ1n) is 5.97. The van der Waals surface area contributed by atoms with Crippen LogP contribution in [0.25, 0.3) is 0 Å². The lowest BCUT2D eigenvalue weighted by molar-refractivity contribution is 0.173. The van der Waals surface area contributed by atoms with Gasteiger partial charge < -0.3 is 9.84 Å². The van der Waals surface area contributed by atoms with E-state index in [1.54, 1.807) is 30.3 Å². The molecule has 0 spiro atoms. The largest absolute Gasteiger partial charge is 0.496 e. The predicted molar refractivity (Wildman–Crippen MR) is 78.1 cm³/mol. The lowest BCUT2D eigenvalue weighted by Gasteiger charge is -2.16. The van der Waals surface area contributed by atoms with E-state index in [1.807, 2.05) is 0 Å². The summed E-state index contributed by atoms with van der Waals surface area (Å²) >= 11 is 11.8. The fourth-order valence-corrected chi connectivity index (χ4v) is 2.47. The molecule has 0 bridgehead atoms. The zero-order chi connectivity index (χ0) is 14.7. The lowest BCUT2D eigenvalue weighted by atomic mass is 10.00. The molecule has 5 heteroatoms. The number of aliphatic hydroxyl groups is 1. The molecule has 0 amide bonds. The molecule has 0 heterocycles. The molecule has 2 aromatic rings. The second-order valence-electron chi connectivity index (χ2n) is 4.31. The molecule has 0 saturated heterocycles. The molecule has 1 unspecified atom stereocenters. The van der Waals surface area contributed by atoms with Crippen LogP contribution in [0.1, 0.15) is 17.2 Å². The van der Waals surface area contributed by atoms with E-state index in [0.717, 1.165) is 0 Å². The average molecular weight is 315 g/mol. The van der Waals surface area contributed by atoms with Gasteiger partial charge in [0.1, 0.15) is 11.6 Å². The number of hydrogen-bond donors (Lipinski definition) is 1. The summed E-state index contributed by atoms with van der Waals surface area (Å²) in [6.45, 7) is 0. The van der Waals surface area contributed by atoms with Crippen molar-refractivity contribution >= 4 is 23.2 Å². The summed E-state index contributed by atoms with van der Waals surface area (Å²) in [6, 6.07) is 9.41. The molecule has 2 rings (SSSR count). The number of aliphatic hydroxyl groups excluding tert-OH is 1. The average Bonchev–Trinajstić information content (AvgIpc) is 2.41. The maximum atomic E-state index is 13.7. The molecule has 0 aliphatic rings. The van der Waals surface area contributed by atoms with Crippen molar-refractivity contribution in [1.29, 1.82) is 0 Å². The van der Waals surface area contributed by atoms with Crippen LogP contribution in [0.3, 0.4) is 0 Å². The summed E-state index contributed by atoms with van der Waals surface area (Å²) in [6.07, 6.45) is -0.877. The number of halogens is 3. The molecule has 0 fully saturated rings. The van der Waals surface area contributed by atoms with E-state index in [9.17, 15) is 9.50 Å². The van der Waals surface area contributed by atoms with E-state index < -0.39 is 11.9 Å². The number of ether oxygens (including phenoxy) is 1. The highest BCUT2D eigenvalue weighted by Gasteiger charge is 2.19. The molecule has 1 N–H and O–H groups in total. The smallest absolute Gasteiger partial charge is 0.127 e. The molecular weight excluding hydrogens is 302 g/mol. The minimum Gasteiger partial charge on any atom is -0.496 e. The fraction of sp³-hybridized carbons (Fsp3) is 0.200. The van der Waals surface area contributed by atoms with Gasteiger partial charge in [0.25, 0.3) is 0 Å². The van der Waals surface area contributed by atoms with Crippen LogP contribution in [0, 0.1) is 5.82 Å². The Kier molecular flexibility index (Phi) is 4.86. The van der Waals surface area contributed by atoms with E-state index in [-0.39, 0.29) is 6.42 Å². The Labute approximate surface area is 126 Å². The van der Waals surface area contributed by atoms with Gasteiger partial charge in [-0.1, -0.05) is 35.3 Å². The third kappa shape index (κ3) is 3.23. The monoisotopic (exact) mass is 314 g/mol. The Morgan fingerprint density at radius 3 is 2.65 bits per heavy atom. The van der Waals surface area contributed by atoms with Crippen LogP contribution in [0.15, 0.2) is 36.4 Å². The summed E-state index contributed by atoms with van der Waals surface area (Å²) in [5.41, 5.74) is 0.815. The van der Waals surface area contributed by atoms with Gasteiger partial charge in [-0.15, -0.1) is 0 Å². The lowest BCUT2D eigenvalue weighted by Crippen LogP contribution is -2.06. The molecule has 0 radical (unpaired) electrons. The highest BCUT2D eigenvalue weighted by Crippen LogP contribution is 2.34. The molecule has 2 nitrogen and oxygen atoms in total. The quantitative estimate of drug-likeness (QED) is 0.905. The summed E-state index contributed by atoms with van der Waals surface area (Å²) < 4.78 is 18.9. The van der Waals surface area contributed by atoms with Crippen molar-refractivity contribution in [2.45, 2.75) is 12.5 Å². The minimum absolute atomic E-state index is 0.0864. The highest BCUT2D eigenvalue weighted by atomic mass is 35.5. The van der Waals surface area contributed by atoms with E-state index in [1.165, 1.54) is 13.2 Å². The van der Waals surface area contributed by atoms with Gasteiger partial charge in [-0.05, 0) is 29.8 Å². The highest BCUT2D eigenvalue weighted by molar-refractivity contribution is 6.31. The predicted octanol–water partition coefficient (Wildman–Crippen LogP) is 4.42. The third-order valence-corrected chi connectivity index (χ3v) is 3.56. The van der Waals surface area contributed by atoms with Crippen molar-refractivity contribution in [2.75, 3.05) is 7.11 Å². The Morgan fingerprint density at radius 2 is 2.00 bits per heavy atom. The van der Waals surface area contributed by atoms with Crippen LogP contribution in [0.4, 0.5) is 4.39 Å². The Hall–Kier alpha value is -1.29. The standard InChI is InChI=1S/C15H13Cl2FO2/c1-20-14-4-2-3-11(17)15(14)13(19)7-9-5-6-10(16)8-12(9)18/h2-6,8,13,19H,7H2,1H3. The van der Waals surface area contributed by atoms with Crippen LogP contribution >= 0.6 is 23.2 Å². The maximum Gasteiger partial charge on any atom is 0.127 e. The molecule has 0 aliphatic heterocycles. The van der Waals surface area contributed by atoms with E-state index >= 15 is 0 Å². The third-order valence-electron chi connectivity index (χ3n) is 2.99. The van der Waals surface area contributed by atoms with E-state index in [2.05, 4.69) is 0 Å². The number of benzene rings is 2. The van der Waals surface area contributed by atoms with Gasteiger partial charge in [-0.25, -0.2) is 4.39 Å². The first-order valence-corrected chi connectivity index (χ1v) is 6.73. The van der Waals surface area contributed by atoms with Crippen LogP contribution < -0.4 is 4.74 Å². The summed E-state index contributed by atoms with van der Waals surface area (Å²) in [5, 5.41) is 11.0. The van der Waals surface area contributed by atoms with Gasteiger partial charge in [0.15, 0.2) is 0 Å². The van der Waals surface area contributed by atoms with Gasteiger partial charge in [0, 0.05) is 17.0 Å².